The molecule has 0 radical (unpaired) electrons. The predicted molar refractivity (Wildman–Crippen MR) is 47.7 cm³/mol. The maximum Gasteiger partial charge on any atom is 0.247 e. The van der Waals surface area contributed by atoms with E-state index in [2.05, 4.69) is 9.97 Å². The first kappa shape index (κ1) is 10.1. The lowest BCUT2D eigenvalue weighted by Crippen LogP contribution is -2.11. The van der Waals surface area contributed by atoms with Gasteiger partial charge < -0.3 is 5.73 Å². The van der Waals surface area contributed by atoms with Gasteiger partial charge in [-0.3, -0.25) is 0 Å². The average molecular weight is 201 g/mol. The van der Waals surface area contributed by atoms with Crippen molar-refractivity contribution in [2.75, 3.05) is 6.26 Å². The molecule has 1 heterocycles. The zero-order valence-electron chi connectivity index (χ0n) is 7.43. The van der Waals surface area contributed by atoms with Crippen LogP contribution in [-0.2, 0) is 9.84 Å². The maximum absolute atomic E-state index is 11.0. The number of aromatic nitrogens is 2. The molecule has 0 fully saturated rings. The molecule has 1 atom stereocenters. The third-order valence-electron chi connectivity index (χ3n) is 1.45. The lowest BCUT2D eigenvalue weighted by molar-refractivity contribution is 0.590. The highest BCUT2D eigenvalue weighted by Gasteiger charge is 2.12. The van der Waals surface area contributed by atoms with Crippen LogP contribution in [0.15, 0.2) is 17.4 Å². The quantitative estimate of drug-likeness (QED) is 0.675. The normalized spacial score (nSPS) is 14.1. The molecule has 72 valence electrons. The Morgan fingerprint density at radius 2 is 2.15 bits per heavy atom. The summed E-state index contributed by atoms with van der Waals surface area (Å²) in [6.45, 7) is 1.73. The molecule has 5 nitrogen and oxygen atoms in total. The smallest absolute Gasteiger partial charge is 0.247 e. The molecule has 0 spiro atoms. The average Bonchev–Trinajstić information content (AvgIpc) is 2.03. The van der Waals surface area contributed by atoms with Crippen molar-refractivity contribution in [1.82, 2.24) is 9.97 Å². The van der Waals surface area contributed by atoms with E-state index in [9.17, 15) is 8.42 Å². The van der Waals surface area contributed by atoms with Gasteiger partial charge in [-0.15, -0.1) is 0 Å². The van der Waals surface area contributed by atoms with Crippen molar-refractivity contribution in [1.29, 1.82) is 0 Å². The molecule has 6 heteroatoms. The number of nitrogens with two attached hydrogens (primary N) is 1. The van der Waals surface area contributed by atoms with Crippen LogP contribution < -0.4 is 5.73 Å². The minimum Gasteiger partial charge on any atom is -0.323 e. The first-order chi connectivity index (χ1) is 5.91. The van der Waals surface area contributed by atoms with E-state index in [1.54, 1.807) is 13.0 Å². The molecule has 0 saturated carbocycles. The van der Waals surface area contributed by atoms with Gasteiger partial charge in [0.25, 0.3) is 0 Å². The van der Waals surface area contributed by atoms with Crippen LogP contribution in [0, 0.1) is 0 Å². The second kappa shape index (κ2) is 3.39. The predicted octanol–water partition coefficient (Wildman–Crippen LogP) is -0.100. The molecule has 0 aliphatic carbocycles. The van der Waals surface area contributed by atoms with E-state index in [0.717, 1.165) is 6.26 Å². The molecule has 2 N–H and O–H groups in total. The Morgan fingerprint density at radius 3 is 2.62 bits per heavy atom. The van der Waals surface area contributed by atoms with Crippen LogP contribution in [0.25, 0.3) is 0 Å². The third-order valence-corrected chi connectivity index (χ3v) is 2.31. The van der Waals surface area contributed by atoms with Crippen molar-refractivity contribution in [3.05, 3.63) is 18.0 Å². The van der Waals surface area contributed by atoms with E-state index in [1.165, 1.54) is 6.20 Å². The Bertz CT molecular complexity index is 400. The van der Waals surface area contributed by atoms with Gasteiger partial charge >= 0.3 is 0 Å². The summed E-state index contributed by atoms with van der Waals surface area (Å²) in [6, 6.07) is 1.31. The first-order valence-corrected chi connectivity index (χ1v) is 5.59. The minimum absolute atomic E-state index is 0.178. The molecule has 0 amide bonds. The topological polar surface area (TPSA) is 85.9 Å². The number of hydrogen-bond donors (Lipinski definition) is 1. The lowest BCUT2D eigenvalue weighted by atomic mass is 10.2. The van der Waals surface area contributed by atoms with Gasteiger partial charge in [0, 0.05) is 18.5 Å². The molecule has 0 saturated heterocycles. The molecule has 0 bridgehead atoms. The summed E-state index contributed by atoms with van der Waals surface area (Å²) in [5.41, 5.74) is 6.06. The molecular weight excluding hydrogens is 190 g/mol. The van der Waals surface area contributed by atoms with E-state index in [4.69, 9.17) is 5.73 Å². The second-order valence-corrected chi connectivity index (χ2v) is 4.73. The highest BCUT2D eigenvalue weighted by atomic mass is 32.2. The number of nitrogens with zero attached hydrogens (tertiary/aromatic N) is 2. The van der Waals surface area contributed by atoms with Crippen LogP contribution >= 0.6 is 0 Å². The SMILES string of the molecule is CC(N)c1ccnc(S(C)(=O)=O)n1. The van der Waals surface area contributed by atoms with Gasteiger partial charge in [-0.1, -0.05) is 0 Å². The van der Waals surface area contributed by atoms with E-state index in [1.807, 2.05) is 0 Å². The zero-order valence-corrected chi connectivity index (χ0v) is 8.25. The monoisotopic (exact) mass is 201 g/mol. The molecule has 1 aromatic heterocycles. The van der Waals surface area contributed by atoms with Crippen molar-refractivity contribution in [2.24, 2.45) is 5.73 Å². The fourth-order valence-corrected chi connectivity index (χ4v) is 1.31. The maximum atomic E-state index is 11.0. The van der Waals surface area contributed by atoms with Crippen molar-refractivity contribution >= 4 is 9.84 Å². The standard InChI is InChI=1S/C7H11N3O2S/c1-5(8)6-3-4-9-7(10-6)13(2,11)12/h3-5H,8H2,1-2H3. The van der Waals surface area contributed by atoms with Gasteiger partial charge in [0.15, 0.2) is 0 Å². The molecule has 0 aliphatic rings. The molecule has 1 aromatic rings. The van der Waals surface area contributed by atoms with Crippen molar-refractivity contribution in [2.45, 2.75) is 18.1 Å². The van der Waals surface area contributed by atoms with E-state index < -0.39 is 9.84 Å². The van der Waals surface area contributed by atoms with Gasteiger partial charge in [-0.05, 0) is 13.0 Å². The largest absolute Gasteiger partial charge is 0.323 e. The number of rotatable bonds is 2. The Balaban J connectivity index is 3.21. The summed E-state index contributed by atoms with van der Waals surface area (Å²) in [6.07, 6.45) is 2.45. The molecular formula is C7H11N3O2S. The van der Waals surface area contributed by atoms with E-state index >= 15 is 0 Å². The van der Waals surface area contributed by atoms with Crippen LogP contribution in [0.3, 0.4) is 0 Å². The van der Waals surface area contributed by atoms with Crippen molar-refractivity contribution in [3.8, 4) is 0 Å². The van der Waals surface area contributed by atoms with Gasteiger partial charge in [0.1, 0.15) is 0 Å². The summed E-state index contributed by atoms with van der Waals surface area (Å²) in [7, 11) is -3.34. The summed E-state index contributed by atoms with van der Waals surface area (Å²) in [5, 5.41) is -0.178. The fourth-order valence-electron chi connectivity index (χ4n) is 0.786. The molecule has 13 heavy (non-hydrogen) atoms. The number of sulfone groups is 1. The Hall–Kier alpha value is -1.01. The van der Waals surface area contributed by atoms with Crippen LogP contribution in [0.1, 0.15) is 18.7 Å². The van der Waals surface area contributed by atoms with E-state index in [-0.39, 0.29) is 11.2 Å². The van der Waals surface area contributed by atoms with Crippen LogP contribution in [0.4, 0.5) is 0 Å². The van der Waals surface area contributed by atoms with Crippen molar-refractivity contribution in [3.63, 3.8) is 0 Å². The highest BCUT2D eigenvalue weighted by Crippen LogP contribution is 2.07. The fraction of sp³-hybridized carbons (Fsp3) is 0.429. The molecule has 1 rings (SSSR count). The van der Waals surface area contributed by atoms with Crippen LogP contribution in [0.5, 0.6) is 0 Å². The Morgan fingerprint density at radius 1 is 1.54 bits per heavy atom. The summed E-state index contributed by atoms with van der Waals surface area (Å²) < 4.78 is 22.1. The molecule has 1 unspecified atom stereocenters. The van der Waals surface area contributed by atoms with Crippen LogP contribution in [-0.4, -0.2) is 24.6 Å². The second-order valence-electron chi connectivity index (χ2n) is 2.82. The summed E-state index contributed by atoms with van der Waals surface area (Å²) in [5.74, 6) is 0. The first-order valence-electron chi connectivity index (χ1n) is 3.70. The van der Waals surface area contributed by atoms with Gasteiger partial charge in [-0.2, -0.15) is 0 Å². The van der Waals surface area contributed by atoms with Gasteiger partial charge in [-0.25, -0.2) is 18.4 Å². The molecule has 0 aliphatic heterocycles. The summed E-state index contributed by atoms with van der Waals surface area (Å²) in [4.78, 5) is 7.46. The summed E-state index contributed by atoms with van der Waals surface area (Å²) >= 11 is 0. The number of hydrogen-bond acceptors (Lipinski definition) is 5. The van der Waals surface area contributed by atoms with Gasteiger partial charge in [0.2, 0.25) is 15.0 Å². The van der Waals surface area contributed by atoms with Crippen molar-refractivity contribution < 1.29 is 8.42 Å². The highest BCUT2D eigenvalue weighted by molar-refractivity contribution is 7.90. The minimum atomic E-state index is -3.34. The van der Waals surface area contributed by atoms with E-state index in [0.29, 0.717) is 5.69 Å². The zero-order chi connectivity index (χ0) is 10.1. The lowest BCUT2D eigenvalue weighted by Gasteiger charge is -2.04. The Labute approximate surface area is 76.9 Å². The van der Waals surface area contributed by atoms with Gasteiger partial charge in [0.05, 0.1) is 5.69 Å². The van der Waals surface area contributed by atoms with Crippen LogP contribution in [0.2, 0.25) is 0 Å². The molecule has 0 aromatic carbocycles. The third kappa shape index (κ3) is 2.46. The Kier molecular flexibility index (Phi) is 2.63.